The number of aromatic nitrogens is 2. The minimum absolute atomic E-state index is 0.0993. The first-order chi connectivity index (χ1) is 10.6. The molecule has 0 unspecified atom stereocenters. The smallest absolute Gasteiger partial charge is 0.246 e. The van der Waals surface area contributed by atoms with Gasteiger partial charge in [-0.1, -0.05) is 13.3 Å². The van der Waals surface area contributed by atoms with Gasteiger partial charge in [0.2, 0.25) is 5.91 Å². The Labute approximate surface area is 133 Å². The fourth-order valence-corrected chi connectivity index (χ4v) is 2.85. The zero-order valence-electron chi connectivity index (χ0n) is 14.0. The van der Waals surface area contributed by atoms with Crippen molar-refractivity contribution in [2.75, 3.05) is 27.2 Å². The molecule has 1 aromatic rings. The molecule has 5 heteroatoms. The standard InChI is InChI=1S/C17H28N4O/c1-4-5-11-20-14-10-18-16(20)6-7-17(22)21-12-8-15(9-13-21)19(2)3/h6-7,10,14-15H,4-5,8-9,11-13H2,1-3H3/b7-6+. The normalized spacial score (nSPS) is 16.8. The third-order valence-electron chi connectivity index (χ3n) is 4.38. The number of aryl methyl sites for hydroxylation is 1. The minimum Gasteiger partial charge on any atom is -0.339 e. The van der Waals surface area contributed by atoms with Gasteiger partial charge in [-0.15, -0.1) is 0 Å². The molecule has 0 radical (unpaired) electrons. The topological polar surface area (TPSA) is 41.4 Å². The second kappa shape index (κ2) is 8.13. The molecule has 2 rings (SSSR count). The number of unbranched alkanes of at least 4 members (excludes halogenated alkanes) is 1. The first-order valence-electron chi connectivity index (χ1n) is 8.26. The van der Waals surface area contributed by atoms with Gasteiger partial charge in [-0.05, 0) is 39.4 Å². The second-order valence-corrected chi connectivity index (χ2v) is 6.19. The lowest BCUT2D eigenvalue weighted by atomic mass is 10.0. The molecule has 1 aliphatic rings. The molecule has 0 spiro atoms. The maximum Gasteiger partial charge on any atom is 0.246 e. The molecule has 0 N–H and O–H groups in total. The van der Waals surface area contributed by atoms with Gasteiger partial charge in [0.25, 0.3) is 0 Å². The maximum atomic E-state index is 12.3. The van der Waals surface area contributed by atoms with Crippen LogP contribution in [0.3, 0.4) is 0 Å². The monoisotopic (exact) mass is 304 g/mol. The molecule has 0 saturated carbocycles. The second-order valence-electron chi connectivity index (χ2n) is 6.19. The summed E-state index contributed by atoms with van der Waals surface area (Å²) in [5.41, 5.74) is 0. The third-order valence-corrected chi connectivity index (χ3v) is 4.38. The molecule has 1 fully saturated rings. The van der Waals surface area contributed by atoms with E-state index in [1.165, 1.54) is 0 Å². The molecule has 5 nitrogen and oxygen atoms in total. The molecular formula is C17H28N4O. The quantitative estimate of drug-likeness (QED) is 0.757. The zero-order chi connectivity index (χ0) is 15.9. The molecule has 0 aliphatic carbocycles. The summed E-state index contributed by atoms with van der Waals surface area (Å²) in [6.07, 6.45) is 11.7. The highest BCUT2D eigenvalue weighted by atomic mass is 16.2. The lowest BCUT2D eigenvalue weighted by Gasteiger charge is -2.34. The average Bonchev–Trinajstić information content (AvgIpc) is 2.98. The Morgan fingerprint density at radius 1 is 1.41 bits per heavy atom. The summed E-state index contributed by atoms with van der Waals surface area (Å²) in [6.45, 7) is 4.82. The van der Waals surface area contributed by atoms with Crippen LogP contribution in [0.4, 0.5) is 0 Å². The van der Waals surface area contributed by atoms with Gasteiger partial charge in [0.15, 0.2) is 0 Å². The number of amides is 1. The number of likely N-dealkylation sites (tertiary alicyclic amines) is 1. The van der Waals surface area contributed by atoms with Crippen LogP contribution in [-0.2, 0) is 11.3 Å². The van der Waals surface area contributed by atoms with Gasteiger partial charge in [0.05, 0.1) is 0 Å². The number of hydrogen-bond donors (Lipinski definition) is 0. The fourth-order valence-electron chi connectivity index (χ4n) is 2.85. The van der Waals surface area contributed by atoms with E-state index in [0.717, 1.165) is 51.1 Å². The summed E-state index contributed by atoms with van der Waals surface area (Å²) in [5, 5.41) is 0. The van der Waals surface area contributed by atoms with E-state index >= 15 is 0 Å². The van der Waals surface area contributed by atoms with Crippen molar-refractivity contribution in [2.24, 2.45) is 0 Å². The first-order valence-corrected chi connectivity index (χ1v) is 8.26. The van der Waals surface area contributed by atoms with E-state index in [1.54, 1.807) is 12.3 Å². The van der Waals surface area contributed by atoms with Gasteiger partial charge in [-0.25, -0.2) is 4.98 Å². The summed E-state index contributed by atoms with van der Waals surface area (Å²) in [5.74, 6) is 0.965. The number of piperidine rings is 1. The molecule has 0 atom stereocenters. The van der Waals surface area contributed by atoms with Crippen LogP contribution in [-0.4, -0.2) is 58.5 Å². The Balaban J connectivity index is 1.88. The van der Waals surface area contributed by atoms with E-state index in [2.05, 4.69) is 35.5 Å². The van der Waals surface area contributed by atoms with Crippen LogP contribution >= 0.6 is 0 Å². The van der Waals surface area contributed by atoms with Gasteiger partial charge < -0.3 is 14.4 Å². The van der Waals surface area contributed by atoms with Gasteiger partial charge in [0.1, 0.15) is 5.82 Å². The average molecular weight is 304 g/mol. The Hall–Kier alpha value is -1.62. The van der Waals surface area contributed by atoms with Crippen molar-refractivity contribution in [3.8, 4) is 0 Å². The van der Waals surface area contributed by atoms with Gasteiger partial charge in [-0.2, -0.15) is 0 Å². The Morgan fingerprint density at radius 3 is 2.77 bits per heavy atom. The fraction of sp³-hybridized carbons (Fsp3) is 0.647. The van der Waals surface area contributed by atoms with Crippen LogP contribution in [0.15, 0.2) is 18.5 Å². The summed E-state index contributed by atoms with van der Waals surface area (Å²) >= 11 is 0. The van der Waals surface area contributed by atoms with E-state index < -0.39 is 0 Å². The predicted octanol–water partition coefficient (Wildman–Crippen LogP) is 2.25. The van der Waals surface area contributed by atoms with Crippen molar-refractivity contribution in [1.82, 2.24) is 19.4 Å². The van der Waals surface area contributed by atoms with E-state index in [4.69, 9.17) is 0 Å². The highest BCUT2D eigenvalue weighted by molar-refractivity contribution is 5.91. The zero-order valence-corrected chi connectivity index (χ0v) is 14.0. The number of imidazole rings is 1. The van der Waals surface area contributed by atoms with E-state index in [9.17, 15) is 4.79 Å². The molecule has 1 amide bonds. The SMILES string of the molecule is CCCCn1ccnc1/C=C/C(=O)N1CCC(N(C)C)CC1. The lowest BCUT2D eigenvalue weighted by molar-refractivity contribution is -0.127. The predicted molar refractivity (Wildman–Crippen MR) is 89.5 cm³/mol. The van der Waals surface area contributed by atoms with Gasteiger partial charge in [0, 0.05) is 44.1 Å². The van der Waals surface area contributed by atoms with Crippen molar-refractivity contribution < 1.29 is 4.79 Å². The Bertz CT molecular complexity index is 499. The molecule has 1 saturated heterocycles. The van der Waals surface area contributed by atoms with Gasteiger partial charge in [-0.3, -0.25) is 4.79 Å². The molecule has 0 aromatic carbocycles. The maximum absolute atomic E-state index is 12.3. The number of carbonyl (C=O) groups excluding carboxylic acids is 1. The molecule has 22 heavy (non-hydrogen) atoms. The number of nitrogens with zero attached hydrogens (tertiary/aromatic N) is 4. The largest absolute Gasteiger partial charge is 0.339 e. The van der Waals surface area contributed by atoms with Gasteiger partial charge >= 0.3 is 0 Å². The first kappa shape index (κ1) is 16.7. The summed E-state index contributed by atoms with van der Waals surface area (Å²) < 4.78 is 2.10. The van der Waals surface area contributed by atoms with Crippen LogP contribution in [0, 0.1) is 0 Å². The lowest BCUT2D eigenvalue weighted by Crippen LogP contribution is -2.43. The number of rotatable bonds is 6. The molecule has 1 aliphatic heterocycles. The summed E-state index contributed by atoms with van der Waals surface area (Å²) in [6, 6.07) is 0.598. The van der Waals surface area contributed by atoms with E-state index in [0.29, 0.717) is 6.04 Å². The van der Waals surface area contributed by atoms with Crippen molar-refractivity contribution in [3.63, 3.8) is 0 Å². The van der Waals surface area contributed by atoms with E-state index in [1.807, 2.05) is 17.2 Å². The van der Waals surface area contributed by atoms with Crippen molar-refractivity contribution >= 4 is 12.0 Å². The number of hydrogen-bond acceptors (Lipinski definition) is 3. The number of carbonyl (C=O) groups is 1. The van der Waals surface area contributed by atoms with Crippen molar-refractivity contribution in [2.45, 2.75) is 45.2 Å². The van der Waals surface area contributed by atoms with Crippen LogP contribution in [0.2, 0.25) is 0 Å². The van der Waals surface area contributed by atoms with Crippen LogP contribution in [0.1, 0.15) is 38.4 Å². The molecule has 122 valence electrons. The highest BCUT2D eigenvalue weighted by Crippen LogP contribution is 2.14. The Morgan fingerprint density at radius 2 is 2.14 bits per heavy atom. The minimum atomic E-state index is 0.0993. The third kappa shape index (κ3) is 4.44. The highest BCUT2D eigenvalue weighted by Gasteiger charge is 2.22. The molecule has 0 bridgehead atoms. The van der Waals surface area contributed by atoms with Crippen LogP contribution in [0.5, 0.6) is 0 Å². The van der Waals surface area contributed by atoms with Crippen molar-refractivity contribution in [3.05, 3.63) is 24.3 Å². The Kier molecular flexibility index (Phi) is 6.19. The molecular weight excluding hydrogens is 276 g/mol. The summed E-state index contributed by atoms with van der Waals surface area (Å²) in [7, 11) is 4.22. The molecule has 1 aromatic heterocycles. The molecule has 2 heterocycles. The summed E-state index contributed by atoms with van der Waals surface area (Å²) in [4.78, 5) is 20.8. The van der Waals surface area contributed by atoms with Crippen LogP contribution < -0.4 is 0 Å². The van der Waals surface area contributed by atoms with E-state index in [-0.39, 0.29) is 5.91 Å². The van der Waals surface area contributed by atoms with Crippen molar-refractivity contribution in [1.29, 1.82) is 0 Å². The van der Waals surface area contributed by atoms with Crippen LogP contribution in [0.25, 0.3) is 6.08 Å².